The van der Waals surface area contributed by atoms with Gasteiger partial charge in [0.05, 0.1) is 6.54 Å². The fourth-order valence-electron chi connectivity index (χ4n) is 0. The molecule has 0 heterocycles. The van der Waals surface area contributed by atoms with E-state index in [0.29, 0.717) is 0 Å². The van der Waals surface area contributed by atoms with Crippen molar-refractivity contribution in [3.05, 3.63) is 26.3 Å². The van der Waals surface area contributed by atoms with Crippen LogP contribution >= 0.6 is 0 Å². The van der Waals surface area contributed by atoms with E-state index >= 15 is 0 Å². The Hall–Kier alpha value is -1.09. The summed E-state index contributed by atoms with van der Waals surface area (Å²) in [5.41, 5.74) is 4.57. The van der Waals surface area contributed by atoms with Crippen molar-refractivity contribution >= 4 is 5.97 Å². The summed E-state index contributed by atoms with van der Waals surface area (Å²) < 4.78 is 0. The number of aliphatic carboxylic acids is 1. The van der Waals surface area contributed by atoms with Crippen LogP contribution in [0.5, 0.6) is 0 Å². The molecule has 0 aliphatic rings. The Balaban J connectivity index is -0.0000000771. The normalized spacial score (nSPS) is 5.00. The summed E-state index contributed by atoms with van der Waals surface area (Å²) >= 11 is 0. The molecule has 0 radical (unpaired) electrons. The molecule has 0 atom stereocenters. The van der Waals surface area contributed by atoms with Crippen molar-refractivity contribution < 1.29 is 9.90 Å². The molecule has 3 N–H and O–H groups in total. The second kappa shape index (κ2) is 28.5. The zero-order valence-corrected chi connectivity index (χ0v) is 5.47. The highest BCUT2D eigenvalue weighted by atomic mass is 16.4. The first-order valence-corrected chi connectivity index (χ1v) is 2.19. The van der Waals surface area contributed by atoms with Gasteiger partial charge >= 0.3 is 5.97 Å². The summed E-state index contributed by atoms with van der Waals surface area (Å²) in [5.74, 6) is -0.968. The smallest absolute Gasteiger partial charge is 0.317 e. The van der Waals surface area contributed by atoms with E-state index < -0.39 is 5.97 Å². The predicted molar refractivity (Wildman–Crippen MR) is 39.2 cm³/mol. The maximum Gasteiger partial charge on any atom is 0.317 e. The van der Waals surface area contributed by atoms with Crippen molar-refractivity contribution in [2.45, 2.75) is 0 Å². The molecular weight excluding hydrogens is 118 g/mol. The van der Waals surface area contributed by atoms with Crippen LogP contribution in [0.1, 0.15) is 0 Å². The minimum Gasteiger partial charge on any atom is -0.480 e. The molecular formula is C6H13NO2. The highest BCUT2D eigenvalue weighted by molar-refractivity contribution is 5.68. The predicted octanol–water partition coefficient (Wildman–Crippen LogP) is 0.634. The van der Waals surface area contributed by atoms with E-state index in [1.165, 1.54) is 0 Å². The lowest BCUT2D eigenvalue weighted by Gasteiger charge is -1.73. The lowest BCUT2D eigenvalue weighted by molar-refractivity contribution is -0.135. The molecule has 9 heavy (non-hydrogen) atoms. The molecule has 0 saturated heterocycles. The standard InChI is InChI=1S/C2H5NO2.2C2H4/c3-1-2(4)5;2*1-2/h1,3H2,(H,4,5);2*1-2H2. The molecule has 3 heteroatoms. The third kappa shape index (κ3) is 201. The van der Waals surface area contributed by atoms with Gasteiger partial charge in [0.25, 0.3) is 0 Å². The maximum atomic E-state index is 9.24. The highest BCUT2D eigenvalue weighted by Gasteiger charge is 1.81. The van der Waals surface area contributed by atoms with Crippen LogP contribution in [0.2, 0.25) is 0 Å². The fourth-order valence-corrected chi connectivity index (χ4v) is 0. The second-order valence-corrected chi connectivity index (χ2v) is 0.598. The first-order valence-electron chi connectivity index (χ1n) is 2.19. The van der Waals surface area contributed by atoms with Crippen molar-refractivity contribution in [2.24, 2.45) is 5.73 Å². The number of nitrogens with two attached hydrogens (primary N) is 1. The van der Waals surface area contributed by atoms with Gasteiger partial charge in [0.1, 0.15) is 0 Å². The molecule has 0 aliphatic carbocycles. The molecule has 0 aliphatic heterocycles. The monoisotopic (exact) mass is 131 g/mol. The van der Waals surface area contributed by atoms with E-state index in [9.17, 15) is 4.79 Å². The van der Waals surface area contributed by atoms with Gasteiger partial charge in [-0.25, -0.2) is 0 Å². The second-order valence-electron chi connectivity index (χ2n) is 0.598. The Kier molecular flexibility index (Phi) is 49.6. The number of carbonyl (C=O) groups is 1. The van der Waals surface area contributed by atoms with Gasteiger partial charge in [-0.05, 0) is 0 Å². The van der Waals surface area contributed by atoms with Crippen LogP contribution in [0.25, 0.3) is 0 Å². The first kappa shape index (κ1) is 15.7. The summed E-state index contributed by atoms with van der Waals surface area (Å²) in [6, 6.07) is 0. The van der Waals surface area contributed by atoms with Gasteiger partial charge in [-0.1, -0.05) is 0 Å². The third-order valence-electron chi connectivity index (χ3n) is 0.175. The number of carboxylic acids is 1. The average Bonchev–Trinajstić information content (AvgIpc) is 1.97. The number of rotatable bonds is 1. The van der Waals surface area contributed by atoms with Gasteiger partial charge in [0.15, 0.2) is 0 Å². The van der Waals surface area contributed by atoms with Crippen molar-refractivity contribution in [2.75, 3.05) is 6.54 Å². The molecule has 0 rings (SSSR count). The summed E-state index contributed by atoms with van der Waals surface area (Å²) in [6.45, 7) is 11.7. The van der Waals surface area contributed by atoms with Crippen molar-refractivity contribution in [3.63, 3.8) is 0 Å². The summed E-state index contributed by atoms with van der Waals surface area (Å²) in [6.07, 6.45) is 0. The first-order chi connectivity index (χ1) is 4.27. The Morgan fingerprint density at radius 2 is 1.44 bits per heavy atom. The van der Waals surface area contributed by atoms with Gasteiger partial charge < -0.3 is 10.8 Å². The minimum absolute atomic E-state index is 0.278. The van der Waals surface area contributed by atoms with Crippen molar-refractivity contribution in [1.82, 2.24) is 0 Å². The molecule has 3 nitrogen and oxygen atoms in total. The van der Waals surface area contributed by atoms with Crippen molar-refractivity contribution in [3.8, 4) is 0 Å². The molecule has 0 bridgehead atoms. The number of carboxylic acid groups (broad SMARTS) is 1. The topological polar surface area (TPSA) is 63.3 Å². The van der Waals surface area contributed by atoms with Crippen LogP contribution in [-0.4, -0.2) is 17.6 Å². The maximum absolute atomic E-state index is 9.24. The van der Waals surface area contributed by atoms with Crippen LogP contribution in [0.3, 0.4) is 0 Å². The molecule has 0 amide bonds. The van der Waals surface area contributed by atoms with Gasteiger partial charge in [0.2, 0.25) is 0 Å². The average molecular weight is 131 g/mol. The van der Waals surface area contributed by atoms with Gasteiger partial charge in [-0.2, -0.15) is 0 Å². The number of hydrogen-bond acceptors (Lipinski definition) is 2. The van der Waals surface area contributed by atoms with Gasteiger partial charge in [0, 0.05) is 0 Å². The van der Waals surface area contributed by atoms with Crippen LogP contribution in [0, 0.1) is 0 Å². The SMILES string of the molecule is C=C.C=C.NCC(=O)O. The van der Waals surface area contributed by atoms with E-state index in [-0.39, 0.29) is 6.54 Å². The molecule has 0 aromatic carbocycles. The van der Waals surface area contributed by atoms with Crippen LogP contribution in [0.15, 0.2) is 26.3 Å². The van der Waals surface area contributed by atoms with E-state index in [4.69, 9.17) is 5.11 Å². The Morgan fingerprint density at radius 3 is 1.44 bits per heavy atom. The molecule has 54 valence electrons. The molecule has 0 aromatic rings. The highest BCUT2D eigenvalue weighted by Crippen LogP contribution is 1.43. The quantitative estimate of drug-likeness (QED) is 0.513. The molecule has 0 fully saturated rings. The number of hydrogen-bond donors (Lipinski definition) is 2. The Morgan fingerprint density at radius 1 is 1.33 bits per heavy atom. The molecule has 0 unspecified atom stereocenters. The largest absolute Gasteiger partial charge is 0.480 e. The van der Waals surface area contributed by atoms with Crippen molar-refractivity contribution in [1.29, 1.82) is 0 Å². The summed E-state index contributed by atoms with van der Waals surface area (Å²) in [7, 11) is 0. The molecule has 0 aromatic heterocycles. The molecule has 0 spiro atoms. The Labute approximate surface area is 55.5 Å². The van der Waals surface area contributed by atoms with E-state index in [0.717, 1.165) is 0 Å². The zero-order valence-electron chi connectivity index (χ0n) is 5.47. The van der Waals surface area contributed by atoms with Crippen LogP contribution in [-0.2, 0) is 4.79 Å². The Bertz CT molecular complexity index is 62.1. The fraction of sp³-hybridized carbons (Fsp3) is 0.167. The third-order valence-corrected chi connectivity index (χ3v) is 0.175. The van der Waals surface area contributed by atoms with Gasteiger partial charge in [-0.3, -0.25) is 4.79 Å². The summed E-state index contributed by atoms with van der Waals surface area (Å²) in [5, 5.41) is 7.60. The zero-order chi connectivity index (χ0) is 8.28. The van der Waals surface area contributed by atoms with E-state index in [1.807, 2.05) is 0 Å². The minimum atomic E-state index is -0.968. The van der Waals surface area contributed by atoms with E-state index in [2.05, 4.69) is 32.0 Å². The van der Waals surface area contributed by atoms with Crippen LogP contribution < -0.4 is 5.73 Å². The van der Waals surface area contributed by atoms with Crippen LogP contribution in [0.4, 0.5) is 0 Å². The van der Waals surface area contributed by atoms with E-state index in [1.54, 1.807) is 0 Å². The lowest BCUT2D eigenvalue weighted by Crippen LogP contribution is -2.10. The summed E-state index contributed by atoms with van der Waals surface area (Å²) in [4.78, 5) is 9.24. The lowest BCUT2D eigenvalue weighted by atomic mass is 10.7. The molecule has 0 saturated carbocycles. The van der Waals surface area contributed by atoms with Gasteiger partial charge in [-0.15, -0.1) is 26.3 Å².